The highest BCUT2D eigenvalue weighted by atomic mass is 79.9. The Morgan fingerprint density at radius 2 is 1.84 bits per heavy atom. The Balaban J connectivity index is 1.66. The molecule has 2 atom stereocenters. The standard InChI is InChI=1S/C26H23BrN2O3/c1-3-17-7-6-8-20(15-17)29-25(31)28(24(30)18-11-13-19(27)14-12-18)22-16-26(29,2)32-23-10-5-4-9-21(22)23/h4-15,22H,3,16H2,1-2H3. The zero-order chi connectivity index (χ0) is 22.5. The number of ether oxygens (including phenoxy) is 1. The summed E-state index contributed by atoms with van der Waals surface area (Å²) in [5.41, 5.74) is 2.26. The molecular formula is C26H23BrN2O3. The number of hydrogen-bond donors (Lipinski definition) is 0. The van der Waals surface area contributed by atoms with Crippen molar-refractivity contribution in [3.8, 4) is 5.75 Å². The second-order valence-electron chi connectivity index (χ2n) is 8.36. The van der Waals surface area contributed by atoms with E-state index in [1.165, 1.54) is 4.90 Å². The van der Waals surface area contributed by atoms with Crippen molar-refractivity contribution >= 4 is 33.6 Å². The fraction of sp³-hybridized carbons (Fsp3) is 0.231. The largest absolute Gasteiger partial charge is 0.467 e. The van der Waals surface area contributed by atoms with Gasteiger partial charge in [-0.2, -0.15) is 0 Å². The van der Waals surface area contributed by atoms with Crippen LogP contribution in [0.2, 0.25) is 0 Å². The summed E-state index contributed by atoms with van der Waals surface area (Å²) in [6.45, 7) is 4.00. The van der Waals surface area contributed by atoms with Crippen molar-refractivity contribution in [2.45, 2.75) is 38.5 Å². The summed E-state index contributed by atoms with van der Waals surface area (Å²) in [6, 6.07) is 21.8. The summed E-state index contributed by atoms with van der Waals surface area (Å²) in [6.07, 6.45) is 1.33. The molecule has 0 spiro atoms. The van der Waals surface area contributed by atoms with Crippen LogP contribution in [0.3, 0.4) is 0 Å². The summed E-state index contributed by atoms with van der Waals surface area (Å²) in [4.78, 5) is 30.7. The zero-order valence-electron chi connectivity index (χ0n) is 17.9. The van der Waals surface area contributed by atoms with Crippen molar-refractivity contribution in [2.24, 2.45) is 0 Å². The van der Waals surface area contributed by atoms with E-state index in [-0.39, 0.29) is 11.9 Å². The third-order valence-electron chi connectivity index (χ3n) is 6.25. The fourth-order valence-corrected chi connectivity index (χ4v) is 4.93. The third kappa shape index (κ3) is 3.30. The number of aryl methyl sites for hydroxylation is 1. The van der Waals surface area contributed by atoms with E-state index in [1.807, 2.05) is 67.6 Å². The SMILES string of the molecule is CCc1cccc(N2C(=O)N(C(=O)c3ccc(Br)cc3)C3CC2(C)Oc2ccccc23)c1. The van der Waals surface area contributed by atoms with Crippen LogP contribution in [0, 0.1) is 0 Å². The monoisotopic (exact) mass is 490 g/mol. The molecule has 0 N–H and O–H groups in total. The summed E-state index contributed by atoms with van der Waals surface area (Å²) >= 11 is 3.41. The number of amides is 3. The van der Waals surface area contributed by atoms with Gasteiger partial charge in [0.25, 0.3) is 5.91 Å². The molecule has 3 aromatic rings. The van der Waals surface area contributed by atoms with Gasteiger partial charge in [-0.25, -0.2) is 4.79 Å². The predicted octanol–water partition coefficient (Wildman–Crippen LogP) is 6.33. The van der Waals surface area contributed by atoms with Crippen molar-refractivity contribution in [2.75, 3.05) is 4.90 Å². The van der Waals surface area contributed by atoms with Crippen LogP contribution in [-0.4, -0.2) is 22.6 Å². The Morgan fingerprint density at radius 3 is 2.59 bits per heavy atom. The van der Waals surface area contributed by atoms with Crippen molar-refractivity contribution < 1.29 is 14.3 Å². The van der Waals surface area contributed by atoms with Gasteiger partial charge in [0.1, 0.15) is 5.75 Å². The Hall–Kier alpha value is -3.12. The maximum Gasteiger partial charge on any atom is 0.335 e. The number of halogens is 1. The van der Waals surface area contributed by atoms with Gasteiger partial charge in [-0.05, 0) is 61.4 Å². The minimum absolute atomic E-state index is 0.317. The van der Waals surface area contributed by atoms with Gasteiger partial charge in [-0.1, -0.05) is 53.2 Å². The van der Waals surface area contributed by atoms with E-state index in [0.29, 0.717) is 17.7 Å². The molecule has 1 saturated heterocycles. The van der Waals surface area contributed by atoms with E-state index in [9.17, 15) is 9.59 Å². The quantitative estimate of drug-likeness (QED) is 0.430. The second kappa shape index (κ2) is 7.78. The molecule has 0 aliphatic carbocycles. The van der Waals surface area contributed by atoms with E-state index < -0.39 is 11.8 Å². The lowest BCUT2D eigenvalue weighted by molar-refractivity contribution is 0.00268. The smallest absolute Gasteiger partial charge is 0.335 e. The maximum absolute atomic E-state index is 14.0. The van der Waals surface area contributed by atoms with Gasteiger partial charge in [0.2, 0.25) is 0 Å². The van der Waals surface area contributed by atoms with E-state index in [1.54, 1.807) is 17.0 Å². The number of nitrogens with zero attached hydrogens (tertiary/aromatic N) is 2. The normalized spacial score (nSPS) is 21.7. The van der Waals surface area contributed by atoms with Gasteiger partial charge in [0.15, 0.2) is 5.72 Å². The minimum atomic E-state index is -0.904. The molecule has 1 fully saturated rings. The molecule has 5 nitrogen and oxygen atoms in total. The molecule has 0 saturated carbocycles. The van der Waals surface area contributed by atoms with Gasteiger partial charge in [0.05, 0.1) is 6.04 Å². The first kappa shape index (κ1) is 20.8. The Kier molecular flexibility index (Phi) is 5.05. The summed E-state index contributed by atoms with van der Waals surface area (Å²) in [5.74, 6) is 0.381. The first-order valence-corrected chi connectivity index (χ1v) is 11.5. The molecule has 6 heteroatoms. The van der Waals surface area contributed by atoms with Crippen LogP contribution in [-0.2, 0) is 6.42 Å². The first-order valence-electron chi connectivity index (χ1n) is 10.7. The number of anilines is 1. The number of hydrogen-bond acceptors (Lipinski definition) is 3. The minimum Gasteiger partial charge on any atom is -0.467 e. The molecule has 2 bridgehead atoms. The number of carbonyl (C=O) groups excluding carboxylic acids is 2. The lowest BCUT2D eigenvalue weighted by Crippen LogP contribution is -2.67. The molecule has 0 radical (unpaired) electrons. The molecule has 162 valence electrons. The lowest BCUT2D eigenvalue weighted by Gasteiger charge is -2.53. The van der Waals surface area contributed by atoms with Crippen LogP contribution in [0.25, 0.3) is 0 Å². The van der Waals surface area contributed by atoms with Crippen molar-refractivity contribution in [3.05, 3.63) is 94.0 Å². The lowest BCUT2D eigenvalue weighted by atomic mass is 9.88. The molecule has 5 rings (SSSR count). The molecule has 0 aromatic heterocycles. The van der Waals surface area contributed by atoms with Gasteiger partial charge < -0.3 is 4.74 Å². The van der Waals surface area contributed by atoms with E-state index in [0.717, 1.165) is 27.7 Å². The molecule has 32 heavy (non-hydrogen) atoms. The number of benzene rings is 3. The van der Waals surface area contributed by atoms with E-state index >= 15 is 0 Å². The average Bonchev–Trinajstić information content (AvgIpc) is 2.79. The van der Waals surface area contributed by atoms with Gasteiger partial charge in [-0.3, -0.25) is 14.6 Å². The Bertz CT molecular complexity index is 1210. The Labute approximate surface area is 195 Å². The summed E-state index contributed by atoms with van der Waals surface area (Å²) in [7, 11) is 0. The number of urea groups is 1. The highest BCUT2D eigenvalue weighted by molar-refractivity contribution is 9.10. The van der Waals surface area contributed by atoms with E-state index in [4.69, 9.17) is 4.74 Å². The zero-order valence-corrected chi connectivity index (χ0v) is 19.5. The molecule has 2 aliphatic rings. The summed E-state index contributed by atoms with van der Waals surface area (Å²) in [5, 5.41) is 0. The second-order valence-corrected chi connectivity index (χ2v) is 9.27. The van der Waals surface area contributed by atoms with Crippen LogP contribution in [0.15, 0.2) is 77.3 Å². The first-order chi connectivity index (χ1) is 15.4. The highest BCUT2D eigenvalue weighted by Gasteiger charge is 2.55. The fourth-order valence-electron chi connectivity index (χ4n) is 4.67. The molecule has 3 amide bonds. The van der Waals surface area contributed by atoms with E-state index in [2.05, 4.69) is 22.9 Å². The number of para-hydroxylation sites is 1. The highest BCUT2D eigenvalue weighted by Crippen LogP contribution is 2.49. The summed E-state index contributed by atoms with van der Waals surface area (Å²) < 4.78 is 7.29. The van der Waals surface area contributed by atoms with Crippen LogP contribution in [0.1, 0.15) is 47.8 Å². The van der Waals surface area contributed by atoms with Crippen LogP contribution in [0.4, 0.5) is 10.5 Å². The number of imide groups is 1. The van der Waals surface area contributed by atoms with Crippen LogP contribution >= 0.6 is 15.9 Å². The molecule has 2 unspecified atom stereocenters. The van der Waals surface area contributed by atoms with Crippen molar-refractivity contribution in [1.29, 1.82) is 0 Å². The number of fused-ring (bicyclic) bond motifs is 4. The third-order valence-corrected chi connectivity index (χ3v) is 6.78. The topological polar surface area (TPSA) is 49.9 Å². The molecule has 2 heterocycles. The van der Waals surface area contributed by atoms with Gasteiger partial charge >= 0.3 is 6.03 Å². The Morgan fingerprint density at radius 1 is 1.09 bits per heavy atom. The van der Waals surface area contributed by atoms with Gasteiger partial charge in [-0.15, -0.1) is 0 Å². The van der Waals surface area contributed by atoms with Gasteiger partial charge in [0, 0.05) is 27.7 Å². The molecule has 3 aromatic carbocycles. The average molecular weight is 491 g/mol. The van der Waals surface area contributed by atoms with Crippen LogP contribution < -0.4 is 9.64 Å². The predicted molar refractivity (Wildman–Crippen MR) is 127 cm³/mol. The van der Waals surface area contributed by atoms with Crippen molar-refractivity contribution in [1.82, 2.24) is 4.90 Å². The van der Waals surface area contributed by atoms with Crippen LogP contribution in [0.5, 0.6) is 5.75 Å². The number of rotatable bonds is 3. The molecule has 2 aliphatic heterocycles. The van der Waals surface area contributed by atoms with Crippen molar-refractivity contribution in [3.63, 3.8) is 0 Å². The molecular weight excluding hydrogens is 468 g/mol. The number of carbonyl (C=O) groups is 2. The maximum atomic E-state index is 14.0.